The largest absolute Gasteiger partial charge is 0.475 e. The van der Waals surface area contributed by atoms with Crippen molar-refractivity contribution in [2.75, 3.05) is 0 Å². The predicted octanol–water partition coefficient (Wildman–Crippen LogP) is 3.25. The molecule has 0 aliphatic carbocycles. The summed E-state index contributed by atoms with van der Waals surface area (Å²) in [5, 5.41) is 8.79. The number of rotatable bonds is 5. The molecule has 1 atom stereocenters. The minimum Gasteiger partial charge on any atom is -0.475 e. The summed E-state index contributed by atoms with van der Waals surface area (Å²) in [6, 6.07) is 3.15. The highest BCUT2D eigenvalue weighted by Gasteiger charge is 2.17. The molecule has 1 N–H and O–H groups in total. The predicted molar refractivity (Wildman–Crippen MR) is 69.2 cm³/mol. The molecular weight excluding hydrogens is 272 g/mol. The number of carboxylic acids is 1. The van der Waals surface area contributed by atoms with E-state index < -0.39 is 5.97 Å². The van der Waals surface area contributed by atoms with Gasteiger partial charge in [0, 0.05) is 6.42 Å². The van der Waals surface area contributed by atoms with Crippen molar-refractivity contribution < 1.29 is 14.3 Å². The molecule has 2 aromatic rings. The number of nitrogens with zero attached hydrogens (tertiary/aromatic N) is 2. The van der Waals surface area contributed by atoms with Crippen LogP contribution >= 0.6 is 23.3 Å². The summed E-state index contributed by atoms with van der Waals surface area (Å²) in [4.78, 5) is 15.1. The first-order chi connectivity index (χ1) is 8.60. The quantitative estimate of drug-likeness (QED) is 0.849. The normalized spacial score (nSPS) is 12.6. The number of aromatic nitrogens is 2. The van der Waals surface area contributed by atoms with Crippen LogP contribution in [0.4, 0.5) is 0 Å². The van der Waals surface area contributed by atoms with Crippen LogP contribution in [0.1, 0.15) is 41.2 Å². The lowest BCUT2D eigenvalue weighted by Gasteiger charge is -2.04. The van der Waals surface area contributed by atoms with Crippen LogP contribution < -0.4 is 0 Å². The number of thioether (sulfide) groups is 1. The summed E-state index contributed by atoms with van der Waals surface area (Å²) in [7, 11) is 0. The van der Waals surface area contributed by atoms with E-state index in [0.29, 0.717) is 5.76 Å². The van der Waals surface area contributed by atoms with Gasteiger partial charge in [0.1, 0.15) is 11.6 Å². The van der Waals surface area contributed by atoms with E-state index in [9.17, 15) is 4.79 Å². The molecule has 0 bridgehead atoms. The molecule has 0 fully saturated rings. The fraction of sp³-hybridized carbons (Fsp3) is 0.364. The van der Waals surface area contributed by atoms with Gasteiger partial charge in [-0.3, -0.25) is 0 Å². The maximum absolute atomic E-state index is 10.7. The Labute approximate surface area is 112 Å². The van der Waals surface area contributed by atoms with Gasteiger partial charge in [0.2, 0.25) is 5.76 Å². The van der Waals surface area contributed by atoms with Gasteiger partial charge >= 0.3 is 5.97 Å². The second-order valence-electron chi connectivity index (χ2n) is 3.60. The lowest BCUT2D eigenvalue weighted by Crippen LogP contribution is -1.92. The average molecular weight is 284 g/mol. The van der Waals surface area contributed by atoms with Crippen molar-refractivity contribution in [3.05, 3.63) is 29.5 Å². The Hall–Kier alpha value is -1.34. The highest BCUT2D eigenvalue weighted by atomic mass is 32.2. The fourth-order valence-corrected chi connectivity index (χ4v) is 3.24. The van der Waals surface area contributed by atoms with Crippen LogP contribution in [0.15, 0.2) is 20.9 Å². The molecular formula is C11H12N2O3S2. The molecule has 5 nitrogen and oxygen atoms in total. The second-order valence-corrected chi connectivity index (χ2v) is 5.94. The molecule has 0 amide bonds. The van der Waals surface area contributed by atoms with Crippen molar-refractivity contribution in [1.29, 1.82) is 0 Å². The Kier molecular flexibility index (Phi) is 4.03. The summed E-state index contributed by atoms with van der Waals surface area (Å²) in [5.74, 6) is 0.373. The first-order valence-corrected chi connectivity index (χ1v) is 7.07. The Morgan fingerprint density at radius 1 is 1.61 bits per heavy atom. The Balaban J connectivity index is 2.06. The molecule has 2 aromatic heterocycles. The lowest BCUT2D eigenvalue weighted by atomic mass is 10.3. The molecule has 0 aliphatic heterocycles. The number of furan rings is 1. The molecule has 18 heavy (non-hydrogen) atoms. The summed E-state index contributed by atoms with van der Waals surface area (Å²) in [6.45, 7) is 3.95. The maximum Gasteiger partial charge on any atom is 0.371 e. The van der Waals surface area contributed by atoms with Crippen molar-refractivity contribution in [2.24, 2.45) is 0 Å². The Morgan fingerprint density at radius 3 is 2.94 bits per heavy atom. The molecule has 0 aromatic carbocycles. The first kappa shape index (κ1) is 13.1. The lowest BCUT2D eigenvalue weighted by molar-refractivity contribution is 0.0660. The number of aromatic carboxylic acids is 1. The smallest absolute Gasteiger partial charge is 0.371 e. The summed E-state index contributed by atoms with van der Waals surface area (Å²) >= 11 is 2.87. The van der Waals surface area contributed by atoms with Gasteiger partial charge in [-0.1, -0.05) is 18.7 Å². The molecule has 7 heteroatoms. The van der Waals surface area contributed by atoms with Gasteiger partial charge in [-0.05, 0) is 30.6 Å². The van der Waals surface area contributed by atoms with Crippen LogP contribution in [0.3, 0.4) is 0 Å². The van der Waals surface area contributed by atoms with E-state index in [-0.39, 0.29) is 11.0 Å². The van der Waals surface area contributed by atoms with Crippen LogP contribution in [-0.4, -0.2) is 20.4 Å². The second kappa shape index (κ2) is 5.53. The van der Waals surface area contributed by atoms with Gasteiger partial charge in [0.15, 0.2) is 4.34 Å². The molecule has 0 saturated heterocycles. The van der Waals surface area contributed by atoms with Crippen LogP contribution in [-0.2, 0) is 6.42 Å². The van der Waals surface area contributed by atoms with Gasteiger partial charge in [0.25, 0.3) is 0 Å². The van der Waals surface area contributed by atoms with Gasteiger partial charge < -0.3 is 9.52 Å². The summed E-state index contributed by atoms with van der Waals surface area (Å²) < 4.78 is 10.3. The number of hydrogen-bond acceptors (Lipinski definition) is 6. The van der Waals surface area contributed by atoms with Crippen molar-refractivity contribution in [3.63, 3.8) is 0 Å². The van der Waals surface area contributed by atoms with E-state index >= 15 is 0 Å². The van der Waals surface area contributed by atoms with E-state index in [0.717, 1.165) is 16.6 Å². The third-order valence-corrected chi connectivity index (χ3v) is 4.22. The van der Waals surface area contributed by atoms with E-state index in [2.05, 4.69) is 9.36 Å². The molecule has 1 unspecified atom stereocenters. The molecule has 0 radical (unpaired) electrons. The molecule has 2 heterocycles. The number of carboxylic acid groups (broad SMARTS) is 1. The monoisotopic (exact) mass is 284 g/mol. The topological polar surface area (TPSA) is 76.2 Å². The summed E-state index contributed by atoms with van der Waals surface area (Å²) in [6.07, 6.45) is 0.815. The zero-order valence-corrected chi connectivity index (χ0v) is 11.5. The first-order valence-electron chi connectivity index (χ1n) is 5.42. The SMILES string of the molecule is CCc1nsc(SC(C)c2ccc(C(=O)O)o2)n1. The van der Waals surface area contributed by atoms with Crippen molar-refractivity contribution in [3.8, 4) is 0 Å². The van der Waals surface area contributed by atoms with E-state index in [4.69, 9.17) is 9.52 Å². The zero-order valence-electron chi connectivity index (χ0n) is 9.91. The van der Waals surface area contributed by atoms with Crippen LogP contribution in [0.2, 0.25) is 0 Å². The zero-order chi connectivity index (χ0) is 13.1. The van der Waals surface area contributed by atoms with Gasteiger partial charge in [0.05, 0.1) is 5.25 Å². The van der Waals surface area contributed by atoms with Crippen molar-refractivity contribution in [2.45, 2.75) is 29.9 Å². The molecule has 0 saturated carbocycles. The van der Waals surface area contributed by atoms with E-state index in [1.807, 2.05) is 13.8 Å². The fourth-order valence-electron chi connectivity index (χ4n) is 1.32. The standard InChI is InChI=1S/C11H12N2O3S2/c1-3-9-12-11(18-13-9)17-6(2)7-4-5-8(16-7)10(14)15/h4-6H,3H2,1-2H3,(H,14,15). The molecule has 2 rings (SSSR count). The minimum absolute atomic E-state index is 0.00996. The maximum atomic E-state index is 10.7. The number of hydrogen-bond donors (Lipinski definition) is 1. The van der Waals surface area contributed by atoms with Crippen molar-refractivity contribution in [1.82, 2.24) is 9.36 Å². The van der Waals surface area contributed by atoms with Crippen LogP contribution in [0.25, 0.3) is 0 Å². The molecule has 96 valence electrons. The molecule has 0 aliphatic rings. The van der Waals surface area contributed by atoms with E-state index in [1.54, 1.807) is 6.07 Å². The Morgan fingerprint density at radius 2 is 2.39 bits per heavy atom. The highest BCUT2D eigenvalue weighted by Crippen LogP contribution is 2.36. The van der Waals surface area contributed by atoms with Gasteiger partial charge in [-0.2, -0.15) is 4.37 Å². The van der Waals surface area contributed by atoms with Crippen LogP contribution in [0, 0.1) is 0 Å². The third-order valence-electron chi connectivity index (χ3n) is 2.28. The number of aryl methyl sites for hydroxylation is 1. The minimum atomic E-state index is -1.05. The third kappa shape index (κ3) is 2.91. The molecule has 0 spiro atoms. The summed E-state index contributed by atoms with van der Waals surface area (Å²) in [5.41, 5.74) is 0. The van der Waals surface area contributed by atoms with E-state index in [1.165, 1.54) is 29.4 Å². The van der Waals surface area contributed by atoms with Crippen LogP contribution in [0.5, 0.6) is 0 Å². The van der Waals surface area contributed by atoms with Crippen molar-refractivity contribution >= 4 is 29.3 Å². The van der Waals surface area contributed by atoms with Gasteiger partial charge in [-0.25, -0.2) is 9.78 Å². The van der Waals surface area contributed by atoms with Gasteiger partial charge in [-0.15, -0.1) is 0 Å². The number of carbonyl (C=O) groups is 1. The Bertz CT molecular complexity index is 550. The average Bonchev–Trinajstić information content (AvgIpc) is 2.97. The highest BCUT2D eigenvalue weighted by molar-refractivity contribution is 8.01.